The van der Waals surface area contributed by atoms with Crippen molar-refractivity contribution < 1.29 is 42.4 Å². The zero-order chi connectivity index (χ0) is 34.5. The molecule has 2 aromatic carbocycles. The minimum Gasteiger partial charge on any atom is -0.493 e. The minimum absolute atomic E-state index is 0.00869. The van der Waals surface area contributed by atoms with Crippen molar-refractivity contribution in [3.05, 3.63) is 76.9 Å². The molecule has 3 fully saturated rings. The standard InChI is InChI=1S/C38H46F3NO6/c1-35-16-13-27(43)21-26(35)8-11-29-30(35)14-17-36(2)31(29)15-18-37(36,45)23-42(22-24-5-9-28(10-6-24)48-38(39,40)41)34(44)20-25-7-12-32(46-3)33(19-25)47-4/h5-12,19,27,30-31,43,45H,13-18,20-23H2,1-4H3/t27-,30-,31-,35-,36-,37+/m0/s1. The first-order chi connectivity index (χ1) is 22.7. The minimum atomic E-state index is -4.81. The number of carbonyl (C=O) groups excluding carboxylic acids is 1. The highest BCUT2D eigenvalue weighted by Gasteiger charge is 2.62. The van der Waals surface area contributed by atoms with Crippen molar-refractivity contribution in [2.75, 3.05) is 20.8 Å². The van der Waals surface area contributed by atoms with Gasteiger partial charge < -0.3 is 29.3 Å². The third kappa shape index (κ3) is 6.33. The van der Waals surface area contributed by atoms with Gasteiger partial charge in [0.2, 0.25) is 5.91 Å². The van der Waals surface area contributed by atoms with Gasteiger partial charge in [-0.3, -0.25) is 4.79 Å². The van der Waals surface area contributed by atoms with Crippen molar-refractivity contribution >= 4 is 5.91 Å². The number of amides is 1. The predicted molar refractivity (Wildman–Crippen MR) is 174 cm³/mol. The molecule has 1 amide bonds. The number of halogens is 3. The van der Waals surface area contributed by atoms with E-state index in [0.29, 0.717) is 41.4 Å². The van der Waals surface area contributed by atoms with E-state index in [1.165, 1.54) is 49.6 Å². The van der Waals surface area contributed by atoms with E-state index in [4.69, 9.17) is 9.47 Å². The Morgan fingerprint density at radius 2 is 1.60 bits per heavy atom. The second-order valence-electron chi connectivity index (χ2n) is 14.6. The van der Waals surface area contributed by atoms with Gasteiger partial charge in [-0.1, -0.05) is 55.3 Å². The van der Waals surface area contributed by atoms with Gasteiger partial charge in [0.1, 0.15) is 5.75 Å². The van der Waals surface area contributed by atoms with Gasteiger partial charge in [-0.15, -0.1) is 13.2 Å². The number of benzene rings is 2. The molecule has 0 heterocycles. The highest BCUT2D eigenvalue weighted by Crippen LogP contribution is 2.66. The molecule has 0 unspecified atom stereocenters. The van der Waals surface area contributed by atoms with Crippen LogP contribution in [-0.2, 0) is 17.8 Å². The van der Waals surface area contributed by atoms with E-state index >= 15 is 0 Å². The molecule has 6 atom stereocenters. The SMILES string of the molecule is COc1ccc(CC(=O)N(Cc2ccc(OC(F)(F)F)cc2)C[C@]2(O)CC[C@H]3C4=CC=C5C[C@@H](O)CC[C@]5(C)[C@H]4CC[C@@]32C)cc1OC. The zero-order valence-electron chi connectivity index (χ0n) is 28.1. The van der Waals surface area contributed by atoms with Crippen LogP contribution in [0.1, 0.15) is 69.9 Å². The molecule has 260 valence electrons. The molecule has 4 aliphatic carbocycles. The van der Waals surface area contributed by atoms with Gasteiger partial charge in [0.25, 0.3) is 0 Å². The summed E-state index contributed by atoms with van der Waals surface area (Å²) in [5, 5.41) is 23.0. The number of fused-ring (bicyclic) bond motifs is 5. The second-order valence-corrected chi connectivity index (χ2v) is 14.6. The monoisotopic (exact) mass is 669 g/mol. The fraction of sp³-hybridized carbons (Fsp3) is 0.553. The molecule has 3 saturated carbocycles. The van der Waals surface area contributed by atoms with Crippen molar-refractivity contribution in [2.24, 2.45) is 22.7 Å². The lowest BCUT2D eigenvalue weighted by Crippen LogP contribution is -2.56. The molecular formula is C38H46F3NO6. The summed E-state index contributed by atoms with van der Waals surface area (Å²) in [5.74, 6) is 1.00. The van der Waals surface area contributed by atoms with Gasteiger partial charge in [0.15, 0.2) is 11.5 Å². The Bertz CT molecular complexity index is 1590. The van der Waals surface area contributed by atoms with Crippen LogP contribution < -0.4 is 14.2 Å². The molecule has 0 saturated heterocycles. The fourth-order valence-electron chi connectivity index (χ4n) is 9.20. The summed E-state index contributed by atoms with van der Waals surface area (Å²) in [6, 6.07) is 10.8. The third-order valence-corrected chi connectivity index (χ3v) is 12.0. The fourth-order valence-corrected chi connectivity index (χ4v) is 9.20. The summed E-state index contributed by atoms with van der Waals surface area (Å²) in [6.45, 7) is 4.70. The van der Waals surface area contributed by atoms with Crippen molar-refractivity contribution in [3.63, 3.8) is 0 Å². The van der Waals surface area contributed by atoms with Crippen LogP contribution in [0.4, 0.5) is 13.2 Å². The molecule has 48 heavy (non-hydrogen) atoms. The first kappa shape index (κ1) is 34.4. The summed E-state index contributed by atoms with van der Waals surface area (Å²) in [7, 11) is 3.07. The Balaban J connectivity index is 1.27. The van der Waals surface area contributed by atoms with E-state index in [0.717, 1.165) is 32.1 Å². The molecule has 4 aliphatic rings. The van der Waals surface area contributed by atoms with E-state index in [1.54, 1.807) is 23.1 Å². The predicted octanol–water partition coefficient (Wildman–Crippen LogP) is 7.15. The first-order valence-electron chi connectivity index (χ1n) is 16.8. The van der Waals surface area contributed by atoms with E-state index < -0.39 is 17.4 Å². The molecule has 6 rings (SSSR count). The Morgan fingerprint density at radius 1 is 0.917 bits per heavy atom. The smallest absolute Gasteiger partial charge is 0.493 e. The molecule has 0 aliphatic heterocycles. The number of nitrogens with zero attached hydrogens (tertiary/aromatic N) is 1. The summed E-state index contributed by atoms with van der Waals surface area (Å²) in [6.07, 6.45) is 4.92. The lowest BCUT2D eigenvalue weighted by atomic mass is 9.50. The molecular weight excluding hydrogens is 623 g/mol. The first-order valence-corrected chi connectivity index (χ1v) is 16.8. The maximum absolute atomic E-state index is 14.1. The van der Waals surface area contributed by atoms with Gasteiger partial charge in [0.05, 0.1) is 38.9 Å². The van der Waals surface area contributed by atoms with Gasteiger partial charge >= 0.3 is 6.36 Å². The van der Waals surface area contributed by atoms with Gasteiger partial charge in [0, 0.05) is 12.0 Å². The lowest BCUT2D eigenvalue weighted by Gasteiger charge is -2.56. The number of rotatable bonds is 9. The number of aliphatic hydroxyl groups is 2. The van der Waals surface area contributed by atoms with Gasteiger partial charge in [-0.25, -0.2) is 0 Å². The van der Waals surface area contributed by atoms with Gasteiger partial charge in [-0.2, -0.15) is 0 Å². The number of allylic oxidation sites excluding steroid dienone is 3. The summed E-state index contributed by atoms with van der Waals surface area (Å²) < 4.78 is 53.2. The number of methoxy groups -OCH3 is 2. The topological polar surface area (TPSA) is 88.5 Å². The molecule has 0 spiro atoms. The third-order valence-electron chi connectivity index (χ3n) is 12.0. The molecule has 0 bridgehead atoms. The highest BCUT2D eigenvalue weighted by atomic mass is 19.4. The van der Waals surface area contributed by atoms with E-state index in [9.17, 15) is 28.2 Å². The number of aliphatic hydroxyl groups excluding tert-OH is 1. The van der Waals surface area contributed by atoms with E-state index in [1.807, 2.05) is 0 Å². The average molecular weight is 670 g/mol. The van der Waals surface area contributed by atoms with Crippen LogP contribution in [0.5, 0.6) is 17.2 Å². The lowest BCUT2D eigenvalue weighted by molar-refractivity contribution is -0.274. The Labute approximate surface area is 280 Å². The summed E-state index contributed by atoms with van der Waals surface area (Å²) in [5.41, 5.74) is 2.39. The zero-order valence-corrected chi connectivity index (χ0v) is 28.1. The van der Waals surface area contributed by atoms with Crippen LogP contribution in [0.3, 0.4) is 0 Å². The van der Waals surface area contributed by atoms with Crippen LogP contribution in [-0.4, -0.2) is 59.9 Å². The maximum atomic E-state index is 14.1. The van der Waals surface area contributed by atoms with Crippen LogP contribution >= 0.6 is 0 Å². The van der Waals surface area contributed by atoms with E-state index in [2.05, 4.69) is 30.7 Å². The molecule has 2 aromatic rings. The van der Waals surface area contributed by atoms with Crippen LogP contribution in [0, 0.1) is 22.7 Å². The van der Waals surface area contributed by atoms with Crippen LogP contribution in [0.25, 0.3) is 0 Å². The molecule has 0 aromatic heterocycles. The van der Waals surface area contributed by atoms with Gasteiger partial charge in [-0.05, 0) is 97.6 Å². The molecule has 10 heteroatoms. The van der Waals surface area contributed by atoms with Crippen LogP contribution in [0.2, 0.25) is 0 Å². The molecule has 7 nitrogen and oxygen atoms in total. The number of carbonyl (C=O) groups is 1. The number of ether oxygens (including phenoxy) is 3. The van der Waals surface area contributed by atoms with Crippen molar-refractivity contribution in [2.45, 2.75) is 89.8 Å². The summed E-state index contributed by atoms with van der Waals surface area (Å²) in [4.78, 5) is 15.7. The van der Waals surface area contributed by atoms with Crippen molar-refractivity contribution in [3.8, 4) is 17.2 Å². The largest absolute Gasteiger partial charge is 0.573 e. The Morgan fingerprint density at radius 3 is 2.29 bits per heavy atom. The van der Waals surface area contributed by atoms with Crippen molar-refractivity contribution in [1.82, 2.24) is 4.90 Å². The Hall–Kier alpha value is -3.50. The number of hydrogen-bond donors (Lipinski definition) is 2. The number of alkyl halides is 3. The Kier molecular flexibility index (Phi) is 9.13. The average Bonchev–Trinajstić information content (AvgIpc) is 3.31. The molecule has 2 N–H and O–H groups in total. The van der Waals surface area contributed by atoms with Crippen molar-refractivity contribution in [1.29, 1.82) is 0 Å². The molecule has 0 radical (unpaired) electrons. The number of hydrogen-bond acceptors (Lipinski definition) is 6. The summed E-state index contributed by atoms with van der Waals surface area (Å²) >= 11 is 0. The van der Waals surface area contributed by atoms with E-state index in [-0.39, 0.29) is 48.6 Å². The van der Waals surface area contributed by atoms with Crippen LogP contribution in [0.15, 0.2) is 65.8 Å². The highest BCUT2D eigenvalue weighted by molar-refractivity contribution is 5.79. The normalized spacial score (nSPS) is 31.1. The maximum Gasteiger partial charge on any atom is 0.573 e. The second kappa shape index (κ2) is 12.8. The quantitative estimate of drug-likeness (QED) is 0.295.